The highest BCUT2D eigenvalue weighted by atomic mass is 16.3. The lowest BCUT2D eigenvalue weighted by atomic mass is 9.99. The molecule has 3 N–H and O–H groups in total. The molecule has 0 fully saturated rings. The number of nitrogens with zero attached hydrogens (tertiary/aromatic N) is 2. The van der Waals surface area contributed by atoms with Gasteiger partial charge in [0.05, 0.1) is 11.9 Å². The highest BCUT2D eigenvalue weighted by Gasteiger charge is 2.16. The second-order valence-electron chi connectivity index (χ2n) is 3.96. The summed E-state index contributed by atoms with van der Waals surface area (Å²) in [4.78, 5) is 3.96. The molecule has 14 heavy (non-hydrogen) atoms. The van der Waals surface area contributed by atoms with Crippen LogP contribution in [0.4, 0.5) is 0 Å². The first-order valence-corrected chi connectivity index (χ1v) is 5.02. The van der Waals surface area contributed by atoms with Gasteiger partial charge in [-0.3, -0.25) is 0 Å². The van der Waals surface area contributed by atoms with Crippen LogP contribution in [-0.2, 0) is 6.54 Å². The van der Waals surface area contributed by atoms with Crippen LogP contribution in [-0.4, -0.2) is 26.8 Å². The van der Waals surface area contributed by atoms with Crippen LogP contribution in [0, 0.1) is 0 Å². The molecule has 1 atom stereocenters. The molecule has 0 radical (unpaired) electrons. The van der Waals surface area contributed by atoms with Crippen LogP contribution in [0.1, 0.15) is 26.2 Å². The number of aliphatic hydroxyl groups is 1. The smallest absolute Gasteiger partial charge is 0.0945 e. The van der Waals surface area contributed by atoms with Crippen molar-refractivity contribution in [2.75, 3.05) is 6.54 Å². The minimum Gasteiger partial charge on any atom is -0.389 e. The number of rotatable bonds is 6. The first-order chi connectivity index (χ1) is 6.64. The lowest BCUT2D eigenvalue weighted by molar-refractivity contribution is 0.0570. The molecule has 4 heteroatoms. The van der Waals surface area contributed by atoms with Gasteiger partial charge in [-0.25, -0.2) is 4.98 Å². The molecule has 1 unspecified atom stereocenters. The predicted octanol–water partition coefficient (Wildman–Crippen LogP) is 0.763. The zero-order valence-electron chi connectivity index (χ0n) is 8.69. The van der Waals surface area contributed by atoms with Gasteiger partial charge in [0.1, 0.15) is 0 Å². The van der Waals surface area contributed by atoms with Crippen molar-refractivity contribution in [1.82, 2.24) is 9.55 Å². The summed E-state index contributed by atoms with van der Waals surface area (Å²) < 4.78 is 2.04. The minimum absolute atomic E-state index is 0.331. The highest BCUT2D eigenvalue weighted by molar-refractivity contribution is 4.75. The van der Waals surface area contributed by atoms with E-state index in [0.717, 1.165) is 25.8 Å². The van der Waals surface area contributed by atoms with E-state index in [9.17, 15) is 5.11 Å². The molecular weight excluding hydrogens is 178 g/mol. The molecule has 80 valence electrons. The SMILES string of the molecule is CC(O)(CN)CCCCn1ccnc1. The van der Waals surface area contributed by atoms with Crippen LogP contribution in [0.5, 0.6) is 0 Å². The van der Waals surface area contributed by atoms with Crippen molar-refractivity contribution in [3.8, 4) is 0 Å². The van der Waals surface area contributed by atoms with Gasteiger partial charge in [-0.1, -0.05) is 0 Å². The quantitative estimate of drug-likeness (QED) is 0.662. The van der Waals surface area contributed by atoms with Gasteiger partial charge in [0.15, 0.2) is 0 Å². The van der Waals surface area contributed by atoms with Gasteiger partial charge in [-0.2, -0.15) is 0 Å². The summed E-state index contributed by atoms with van der Waals surface area (Å²) in [5.74, 6) is 0. The number of nitrogens with two attached hydrogens (primary N) is 1. The second-order valence-corrected chi connectivity index (χ2v) is 3.96. The maximum atomic E-state index is 9.64. The summed E-state index contributed by atoms with van der Waals surface area (Å²) in [6, 6.07) is 0. The van der Waals surface area contributed by atoms with Crippen LogP contribution >= 0.6 is 0 Å². The summed E-state index contributed by atoms with van der Waals surface area (Å²) in [6.07, 6.45) is 8.32. The van der Waals surface area contributed by atoms with Crippen LogP contribution < -0.4 is 5.73 Å². The molecule has 1 rings (SSSR count). The third kappa shape index (κ3) is 3.89. The van der Waals surface area contributed by atoms with Crippen LogP contribution in [0.15, 0.2) is 18.7 Å². The largest absolute Gasteiger partial charge is 0.389 e. The van der Waals surface area contributed by atoms with Gasteiger partial charge in [-0.15, -0.1) is 0 Å². The van der Waals surface area contributed by atoms with Gasteiger partial charge < -0.3 is 15.4 Å². The van der Waals surface area contributed by atoms with Crippen LogP contribution in [0.3, 0.4) is 0 Å². The molecule has 1 aromatic rings. The normalized spacial score (nSPS) is 15.4. The van der Waals surface area contributed by atoms with E-state index in [1.54, 1.807) is 19.4 Å². The Morgan fingerprint density at radius 2 is 2.29 bits per heavy atom. The van der Waals surface area contributed by atoms with Gasteiger partial charge in [0, 0.05) is 25.5 Å². The van der Waals surface area contributed by atoms with Crippen LogP contribution in [0.2, 0.25) is 0 Å². The average Bonchev–Trinajstić information content (AvgIpc) is 2.65. The van der Waals surface area contributed by atoms with E-state index >= 15 is 0 Å². The molecule has 0 aliphatic heterocycles. The van der Waals surface area contributed by atoms with E-state index in [2.05, 4.69) is 4.98 Å². The zero-order chi connectivity index (χ0) is 10.4. The Hall–Kier alpha value is -0.870. The second kappa shape index (κ2) is 5.12. The number of aryl methyl sites for hydroxylation is 1. The first kappa shape index (κ1) is 11.2. The first-order valence-electron chi connectivity index (χ1n) is 5.02. The molecule has 4 nitrogen and oxygen atoms in total. The Kier molecular flexibility index (Phi) is 4.10. The Balaban J connectivity index is 2.11. The van der Waals surface area contributed by atoms with E-state index in [0.29, 0.717) is 6.54 Å². The number of aromatic nitrogens is 2. The Labute approximate surface area is 84.8 Å². The number of hydrogen-bond acceptors (Lipinski definition) is 3. The molecule has 0 bridgehead atoms. The third-order valence-corrected chi connectivity index (χ3v) is 2.38. The number of hydrogen-bond donors (Lipinski definition) is 2. The van der Waals surface area contributed by atoms with Crippen molar-refractivity contribution in [1.29, 1.82) is 0 Å². The van der Waals surface area contributed by atoms with E-state index in [1.807, 2.05) is 10.8 Å². The Morgan fingerprint density at radius 1 is 1.50 bits per heavy atom. The fraction of sp³-hybridized carbons (Fsp3) is 0.700. The lowest BCUT2D eigenvalue weighted by Gasteiger charge is -2.20. The predicted molar refractivity (Wildman–Crippen MR) is 55.8 cm³/mol. The fourth-order valence-corrected chi connectivity index (χ4v) is 1.32. The maximum absolute atomic E-state index is 9.64. The van der Waals surface area contributed by atoms with Gasteiger partial charge >= 0.3 is 0 Å². The monoisotopic (exact) mass is 197 g/mol. The van der Waals surface area contributed by atoms with Crippen molar-refractivity contribution < 1.29 is 5.11 Å². The van der Waals surface area contributed by atoms with E-state index in [-0.39, 0.29) is 0 Å². The van der Waals surface area contributed by atoms with Crippen molar-refractivity contribution in [2.45, 2.75) is 38.3 Å². The number of imidazole rings is 1. The molecule has 0 saturated carbocycles. The standard InChI is InChI=1S/C10H19N3O/c1-10(14,8-11)4-2-3-6-13-7-5-12-9-13/h5,7,9,14H,2-4,6,8,11H2,1H3. The maximum Gasteiger partial charge on any atom is 0.0945 e. The van der Waals surface area contributed by atoms with Crippen LogP contribution in [0.25, 0.3) is 0 Å². The van der Waals surface area contributed by atoms with Crippen molar-refractivity contribution in [3.05, 3.63) is 18.7 Å². The van der Waals surface area contributed by atoms with Crippen molar-refractivity contribution in [2.24, 2.45) is 5.73 Å². The van der Waals surface area contributed by atoms with E-state index < -0.39 is 5.60 Å². The number of unbranched alkanes of at least 4 members (excludes halogenated alkanes) is 1. The van der Waals surface area contributed by atoms with E-state index in [4.69, 9.17) is 5.73 Å². The molecule has 1 heterocycles. The summed E-state index contributed by atoms with van der Waals surface area (Å²) in [5, 5.41) is 9.64. The average molecular weight is 197 g/mol. The lowest BCUT2D eigenvalue weighted by Crippen LogP contribution is -2.33. The summed E-state index contributed by atoms with van der Waals surface area (Å²) in [7, 11) is 0. The highest BCUT2D eigenvalue weighted by Crippen LogP contribution is 2.12. The van der Waals surface area contributed by atoms with Gasteiger partial charge in [0.2, 0.25) is 0 Å². The molecular formula is C10H19N3O. The Morgan fingerprint density at radius 3 is 2.86 bits per heavy atom. The molecule has 1 aromatic heterocycles. The Bertz CT molecular complexity index is 244. The molecule has 0 amide bonds. The molecule has 0 aliphatic rings. The van der Waals surface area contributed by atoms with Gasteiger partial charge in [0.25, 0.3) is 0 Å². The molecule has 0 aromatic carbocycles. The third-order valence-electron chi connectivity index (χ3n) is 2.38. The minimum atomic E-state index is -0.699. The van der Waals surface area contributed by atoms with Crippen molar-refractivity contribution in [3.63, 3.8) is 0 Å². The summed E-state index contributed by atoms with van der Waals surface area (Å²) in [5.41, 5.74) is 4.72. The summed E-state index contributed by atoms with van der Waals surface area (Å²) >= 11 is 0. The topological polar surface area (TPSA) is 64.1 Å². The molecule has 0 aliphatic carbocycles. The molecule has 0 spiro atoms. The van der Waals surface area contributed by atoms with E-state index in [1.165, 1.54) is 0 Å². The zero-order valence-corrected chi connectivity index (χ0v) is 8.69. The molecule has 0 saturated heterocycles. The van der Waals surface area contributed by atoms with Gasteiger partial charge in [-0.05, 0) is 26.2 Å². The summed E-state index contributed by atoms with van der Waals surface area (Å²) in [6.45, 7) is 3.07. The van der Waals surface area contributed by atoms with Crippen molar-refractivity contribution >= 4 is 0 Å². The fourth-order valence-electron chi connectivity index (χ4n) is 1.32.